The Morgan fingerprint density at radius 2 is 1.69 bits per heavy atom. The van der Waals surface area contributed by atoms with Gasteiger partial charge >= 0.3 is 5.97 Å². The quantitative estimate of drug-likeness (QED) is 0.732. The van der Waals surface area contributed by atoms with E-state index in [4.69, 9.17) is 9.84 Å². The van der Waals surface area contributed by atoms with E-state index in [0.29, 0.717) is 28.0 Å². The molecule has 1 amide bonds. The van der Waals surface area contributed by atoms with Gasteiger partial charge in [-0.15, -0.1) is 0 Å². The lowest BCUT2D eigenvalue weighted by molar-refractivity contribution is -0.139. The number of pyridine rings is 1. The Hall–Kier alpha value is -3.09. The summed E-state index contributed by atoms with van der Waals surface area (Å²) in [6.07, 6.45) is 0. The third kappa shape index (κ3) is 4.50. The highest BCUT2D eigenvalue weighted by Gasteiger charge is 2.14. The molecule has 26 heavy (non-hydrogen) atoms. The van der Waals surface area contributed by atoms with Gasteiger partial charge in [0, 0.05) is 23.4 Å². The average Bonchev–Trinajstić information content (AvgIpc) is 2.52. The van der Waals surface area contributed by atoms with Crippen molar-refractivity contribution in [2.75, 3.05) is 6.61 Å². The van der Waals surface area contributed by atoms with E-state index < -0.39 is 12.6 Å². The molecule has 1 aromatic heterocycles. The van der Waals surface area contributed by atoms with Gasteiger partial charge in [-0.2, -0.15) is 0 Å². The van der Waals surface area contributed by atoms with Gasteiger partial charge in [-0.1, -0.05) is 0 Å². The van der Waals surface area contributed by atoms with E-state index in [-0.39, 0.29) is 18.0 Å². The van der Waals surface area contributed by atoms with Gasteiger partial charge in [-0.3, -0.25) is 9.59 Å². The lowest BCUT2D eigenvalue weighted by Crippen LogP contribution is -2.28. The fraction of sp³-hybridized carbons (Fsp3) is 0.316. The molecule has 0 atom stereocenters. The van der Waals surface area contributed by atoms with Crippen molar-refractivity contribution in [3.8, 4) is 5.75 Å². The van der Waals surface area contributed by atoms with Crippen LogP contribution in [0.25, 0.3) is 0 Å². The fourth-order valence-electron chi connectivity index (χ4n) is 2.81. The van der Waals surface area contributed by atoms with Gasteiger partial charge in [0.25, 0.3) is 11.5 Å². The van der Waals surface area contributed by atoms with Gasteiger partial charge in [0.1, 0.15) is 5.75 Å². The number of benzene rings is 1. The summed E-state index contributed by atoms with van der Waals surface area (Å²) in [5.74, 6) is -0.931. The summed E-state index contributed by atoms with van der Waals surface area (Å²) in [7, 11) is 0. The van der Waals surface area contributed by atoms with Crippen molar-refractivity contribution in [1.82, 2.24) is 10.3 Å². The molecule has 3 N–H and O–H groups in total. The Bertz CT molecular complexity index is 892. The number of aromatic amines is 1. The summed E-state index contributed by atoms with van der Waals surface area (Å²) < 4.78 is 5.26. The third-order valence-corrected chi connectivity index (χ3v) is 3.98. The molecule has 0 radical (unpaired) electrons. The van der Waals surface area contributed by atoms with Crippen LogP contribution in [0, 0.1) is 27.7 Å². The Kier molecular flexibility index (Phi) is 5.82. The summed E-state index contributed by atoms with van der Waals surface area (Å²) in [5, 5.41) is 11.5. The minimum atomic E-state index is -1.07. The number of aliphatic carboxylic acids is 1. The second-order valence-electron chi connectivity index (χ2n) is 6.25. The van der Waals surface area contributed by atoms with E-state index in [0.717, 1.165) is 11.3 Å². The average molecular weight is 358 g/mol. The summed E-state index contributed by atoms with van der Waals surface area (Å²) in [5.41, 5.74) is 3.64. The van der Waals surface area contributed by atoms with Crippen molar-refractivity contribution in [2.24, 2.45) is 0 Å². The number of rotatable bonds is 6. The van der Waals surface area contributed by atoms with Crippen LogP contribution in [0.15, 0.2) is 23.0 Å². The molecule has 2 aromatic rings. The predicted molar refractivity (Wildman–Crippen MR) is 96.8 cm³/mol. The van der Waals surface area contributed by atoms with E-state index in [1.807, 2.05) is 13.0 Å². The maximum Gasteiger partial charge on any atom is 0.341 e. The maximum atomic E-state index is 12.4. The number of aryl methyl sites for hydroxylation is 4. The zero-order valence-electron chi connectivity index (χ0n) is 15.2. The minimum absolute atomic E-state index is 0.121. The summed E-state index contributed by atoms with van der Waals surface area (Å²) >= 11 is 0. The maximum absolute atomic E-state index is 12.4. The summed E-state index contributed by atoms with van der Waals surface area (Å²) in [6, 6.07) is 5.11. The van der Waals surface area contributed by atoms with E-state index in [1.165, 1.54) is 0 Å². The largest absolute Gasteiger partial charge is 0.481 e. The number of hydrogen-bond acceptors (Lipinski definition) is 4. The zero-order chi connectivity index (χ0) is 19.4. The molecule has 0 aliphatic carbocycles. The van der Waals surface area contributed by atoms with Crippen LogP contribution in [0.2, 0.25) is 0 Å². The van der Waals surface area contributed by atoms with Crippen molar-refractivity contribution in [2.45, 2.75) is 34.2 Å². The van der Waals surface area contributed by atoms with Crippen molar-refractivity contribution in [3.05, 3.63) is 62.1 Å². The van der Waals surface area contributed by atoms with Crippen LogP contribution in [-0.4, -0.2) is 28.6 Å². The molecule has 7 nitrogen and oxygen atoms in total. The van der Waals surface area contributed by atoms with Crippen LogP contribution in [0.4, 0.5) is 0 Å². The topological polar surface area (TPSA) is 108 Å². The highest BCUT2D eigenvalue weighted by atomic mass is 16.5. The Morgan fingerprint density at radius 3 is 2.23 bits per heavy atom. The minimum Gasteiger partial charge on any atom is -0.481 e. The number of H-pyrrole nitrogens is 1. The number of carboxylic acids is 1. The molecular weight excluding hydrogens is 336 g/mol. The molecule has 1 heterocycles. The van der Waals surface area contributed by atoms with Gasteiger partial charge < -0.3 is 20.1 Å². The number of aromatic nitrogens is 1. The molecule has 138 valence electrons. The SMILES string of the molecule is Cc1cc(C)c(CNC(=O)c2cc(C)c(OCC(=O)O)c(C)c2)c(=O)[nH]1. The second kappa shape index (κ2) is 7.86. The van der Waals surface area contributed by atoms with Crippen molar-refractivity contribution in [1.29, 1.82) is 0 Å². The lowest BCUT2D eigenvalue weighted by atomic mass is 10.0. The van der Waals surface area contributed by atoms with Gasteiger partial charge in [0.05, 0.1) is 0 Å². The van der Waals surface area contributed by atoms with Crippen molar-refractivity contribution in [3.63, 3.8) is 0 Å². The van der Waals surface area contributed by atoms with Gasteiger partial charge in [0.2, 0.25) is 0 Å². The molecule has 0 bridgehead atoms. The van der Waals surface area contributed by atoms with Crippen LogP contribution in [0.5, 0.6) is 5.75 Å². The van der Waals surface area contributed by atoms with Crippen LogP contribution in [-0.2, 0) is 11.3 Å². The van der Waals surface area contributed by atoms with Gasteiger partial charge in [-0.05, 0) is 62.6 Å². The molecule has 0 unspecified atom stereocenters. The summed E-state index contributed by atoms with van der Waals surface area (Å²) in [6.45, 7) is 6.80. The first-order valence-corrected chi connectivity index (χ1v) is 8.12. The van der Waals surface area contributed by atoms with Crippen LogP contribution in [0.3, 0.4) is 0 Å². The van der Waals surface area contributed by atoms with Crippen LogP contribution < -0.4 is 15.6 Å². The Balaban J connectivity index is 2.15. The molecule has 0 saturated carbocycles. The molecule has 1 aromatic carbocycles. The molecule has 2 rings (SSSR count). The number of carbonyl (C=O) groups is 2. The van der Waals surface area contributed by atoms with Gasteiger partial charge in [0.15, 0.2) is 6.61 Å². The zero-order valence-corrected chi connectivity index (χ0v) is 15.2. The number of carbonyl (C=O) groups excluding carboxylic acids is 1. The molecule has 0 aliphatic heterocycles. The standard InChI is InChI=1S/C19H22N2O5/c1-10-5-13(4)21-19(25)15(10)8-20-18(24)14-6-11(2)17(12(3)7-14)26-9-16(22)23/h5-7H,8-9H2,1-4H3,(H,20,24)(H,21,25)(H,22,23). The van der Waals surface area contributed by atoms with E-state index in [9.17, 15) is 14.4 Å². The Morgan fingerprint density at radius 1 is 1.08 bits per heavy atom. The number of hydrogen-bond donors (Lipinski definition) is 3. The third-order valence-electron chi connectivity index (χ3n) is 3.98. The first-order valence-electron chi connectivity index (χ1n) is 8.12. The monoisotopic (exact) mass is 358 g/mol. The first-order chi connectivity index (χ1) is 12.2. The smallest absolute Gasteiger partial charge is 0.341 e. The number of ether oxygens (including phenoxy) is 1. The molecular formula is C19H22N2O5. The molecule has 0 aliphatic rings. The lowest BCUT2D eigenvalue weighted by Gasteiger charge is -2.13. The number of carboxylic acid groups (broad SMARTS) is 1. The number of amides is 1. The van der Waals surface area contributed by atoms with Crippen LogP contribution >= 0.6 is 0 Å². The fourth-order valence-corrected chi connectivity index (χ4v) is 2.81. The number of nitrogens with one attached hydrogen (secondary N) is 2. The Labute approximate surface area is 151 Å². The highest BCUT2D eigenvalue weighted by Crippen LogP contribution is 2.25. The first kappa shape index (κ1) is 19.2. The molecule has 0 saturated heterocycles. The van der Waals surface area contributed by atoms with Crippen LogP contribution in [0.1, 0.15) is 38.3 Å². The van der Waals surface area contributed by atoms with E-state index in [1.54, 1.807) is 32.9 Å². The predicted octanol–water partition coefficient (Wildman–Crippen LogP) is 2.00. The molecule has 0 spiro atoms. The second-order valence-corrected chi connectivity index (χ2v) is 6.25. The highest BCUT2D eigenvalue weighted by molar-refractivity contribution is 5.94. The summed E-state index contributed by atoms with van der Waals surface area (Å²) in [4.78, 5) is 37.8. The van der Waals surface area contributed by atoms with Gasteiger partial charge in [-0.25, -0.2) is 4.79 Å². The molecule has 7 heteroatoms. The van der Waals surface area contributed by atoms with E-state index >= 15 is 0 Å². The van der Waals surface area contributed by atoms with Crippen molar-refractivity contribution < 1.29 is 19.4 Å². The van der Waals surface area contributed by atoms with E-state index in [2.05, 4.69) is 10.3 Å². The normalized spacial score (nSPS) is 10.5. The van der Waals surface area contributed by atoms with Crippen molar-refractivity contribution >= 4 is 11.9 Å². The molecule has 0 fully saturated rings.